The maximum Gasteiger partial charge on any atom is 0.158 e. The maximum absolute atomic E-state index is 12.5. The molecule has 3 nitrogen and oxygen atoms in total. The first kappa shape index (κ1) is 16.2. The van der Waals surface area contributed by atoms with Crippen LogP contribution in [0.5, 0.6) is 0 Å². The summed E-state index contributed by atoms with van der Waals surface area (Å²) in [6.45, 7) is 5.87. The van der Waals surface area contributed by atoms with Crippen molar-refractivity contribution >= 4 is 9.84 Å². The van der Waals surface area contributed by atoms with E-state index in [-0.39, 0.29) is 11.8 Å². The number of nitrogens with two attached hydrogens (primary N) is 1. The summed E-state index contributed by atoms with van der Waals surface area (Å²) in [5.41, 5.74) is 7.94. The van der Waals surface area contributed by atoms with Crippen molar-refractivity contribution in [3.8, 4) is 0 Å². The fourth-order valence-corrected chi connectivity index (χ4v) is 4.59. The van der Waals surface area contributed by atoms with Gasteiger partial charge in [-0.1, -0.05) is 44.5 Å². The molecule has 0 amide bonds. The van der Waals surface area contributed by atoms with Crippen molar-refractivity contribution in [2.75, 3.05) is 0 Å². The number of benzene rings is 1. The Morgan fingerprint density at radius 3 is 2.37 bits per heavy atom. The number of hydrogen-bond donors (Lipinski definition) is 1. The first-order valence-electron chi connectivity index (χ1n) is 6.94. The van der Waals surface area contributed by atoms with Gasteiger partial charge in [0.2, 0.25) is 0 Å². The second kappa shape index (κ2) is 7.06. The van der Waals surface area contributed by atoms with E-state index in [1.807, 2.05) is 45.0 Å². The van der Waals surface area contributed by atoms with E-state index in [4.69, 9.17) is 5.73 Å². The van der Waals surface area contributed by atoms with Gasteiger partial charge in [0.05, 0.1) is 11.0 Å². The predicted octanol–water partition coefficient (Wildman–Crippen LogP) is 2.82. The third-order valence-electron chi connectivity index (χ3n) is 3.58. The maximum atomic E-state index is 12.5. The van der Waals surface area contributed by atoms with E-state index in [1.54, 1.807) is 0 Å². The van der Waals surface area contributed by atoms with Crippen LogP contribution in [0.2, 0.25) is 0 Å². The van der Waals surface area contributed by atoms with Crippen LogP contribution in [0.15, 0.2) is 24.3 Å². The Morgan fingerprint density at radius 2 is 1.84 bits per heavy atom. The summed E-state index contributed by atoms with van der Waals surface area (Å²) in [6.07, 6.45) is 2.25. The average molecular weight is 283 g/mol. The molecule has 0 spiro atoms. The van der Waals surface area contributed by atoms with Crippen LogP contribution in [0.3, 0.4) is 0 Å². The zero-order chi connectivity index (χ0) is 14.5. The van der Waals surface area contributed by atoms with Gasteiger partial charge in [-0.3, -0.25) is 0 Å². The van der Waals surface area contributed by atoms with Crippen molar-refractivity contribution < 1.29 is 8.42 Å². The minimum absolute atomic E-state index is 0.0929. The topological polar surface area (TPSA) is 60.2 Å². The van der Waals surface area contributed by atoms with Gasteiger partial charge in [0, 0.05) is 6.04 Å². The average Bonchev–Trinajstić information content (AvgIpc) is 2.32. The van der Waals surface area contributed by atoms with Gasteiger partial charge in [0.1, 0.15) is 0 Å². The highest BCUT2D eigenvalue weighted by Crippen LogP contribution is 2.20. The number of sulfone groups is 1. The normalized spacial score (nSPS) is 15.2. The number of aryl methyl sites for hydroxylation is 1. The lowest BCUT2D eigenvalue weighted by Crippen LogP contribution is -2.40. The van der Waals surface area contributed by atoms with Gasteiger partial charge in [-0.05, 0) is 30.9 Å². The number of hydrogen-bond acceptors (Lipinski definition) is 3. The fourth-order valence-electron chi connectivity index (χ4n) is 2.44. The van der Waals surface area contributed by atoms with Crippen LogP contribution in [0.1, 0.15) is 44.2 Å². The van der Waals surface area contributed by atoms with Crippen molar-refractivity contribution in [2.45, 2.75) is 57.1 Å². The summed E-state index contributed by atoms with van der Waals surface area (Å²) in [5.74, 6) is 0.0929. The molecule has 0 aliphatic carbocycles. The zero-order valence-electron chi connectivity index (χ0n) is 12.1. The first-order valence-corrected chi connectivity index (χ1v) is 8.65. The second-order valence-electron chi connectivity index (χ2n) is 5.13. The van der Waals surface area contributed by atoms with E-state index in [9.17, 15) is 8.42 Å². The zero-order valence-corrected chi connectivity index (χ0v) is 12.9. The molecule has 0 aliphatic rings. The molecule has 108 valence electrons. The molecule has 0 heterocycles. The molecule has 2 unspecified atom stereocenters. The third-order valence-corrected chi connectivity index (χ3v) is 5.90. The van der Waals surface area contributed by atoms with E-state index < -0.39 is 15.1 Å². The molecule has 2 atom stereocenters. The predicted molar refractivity (Wildman–Crippen MR) is 80.8 cm³/mol. The molecule has 19 heavy (non-hydrogen) atoms. The Morgan fingerprint density at radius 1 is 1.21 bits per heavy atom. The number of rotatable bonds is 7. The highest BCUT2D eigenvalue weighted by atomic mass is 32.2. The Hall–Kier alpha value is -0.870. The largest absolute Gasteiger partial charge is 0.327 e. The van der Waals surface area contributed by atoms with E-state index in [0.29, 0.717) is 6.42 Å². The SMILES string of the molecule is CCCC(N)C(CC)S(=O)(=O)Cc1ccccc1C. The van der Waals surface area contributed by atoms with Crippen molar-refractivity contribution in [2.24, 2.45) is 5.73 Å². The lowest BCUT2D eigenvalue weighted by atomic mass is 10.1. The summed E-state index contributed by atoms with van der Waals surface area (Å²) in [4.78, 5) is 0. The monoisotopic (exact) mass is 283 g/mol. The smallest absolute Gasteiger partial charge is 0.158 e. The highest BCUT2D eigenvalue weighted by Gasteiger charge is 2.29. The van der Waals surface area contributed by atoms with Crippen molar-refractivity contribution in [1.29, 1.82) is 0 Å². The van der Waals surface area contributed by atoms with Crippen LogP contribution in [0, 0.1) is 6.92 Å². The summed E-state index contributed by atoms with van der Waals surface area (Å²) < 4.78 is 25.0. The van der Waals surface area contributed by atoms with Crippen LogP contribution in [-0.2, 0) is 15.6 Å². The molecule has 1 aromatic carbocycles. The second-order valence-corrected chi connectivity index (χ2v) is 7.35. The Bertz CT molecular complexity index is 497. The van der Waals surface area contributed by atoms with E-state index in [2.05, 4.69) is 0 Å². The molecule has 0 radical (unpaired) electrons. The first-order chi connectivity index (χ1) is 8.92. The van der Waals surface area contributed by atoms with Crippen molar-refractivity contribution in [3.63, 3.8) is 0 Å². The van der Waals surface area contributed by atoms with Gasteiger partial charge < -0.3 is 5.73 Å². The van der Waals surface area contributed by atoms with Crippen LogP contribution in [-0.4, -0.2) is 19.7 Å². The standard InChI is InChI=1S/C15H25NO2S/c1-4-8-14(16)15(5-2)19(17,18)11-13-10-7-6-9-12(13)3/h6-7,9-10,14-15H,4-5,8,11,16H2,1-3H3. The van der Waals surface area contributed by atoms with E-state index in [0.717, 1.165) is 24.0 Å². The van der Waals surface area contributed by atoms with Crippen LogP contribution >= 0.6 is 0 Å². The molecule has 2 N–H and O–H groups in total. The molecule has 1 rings (SSSR count). The molecule has 0 bridgehead atoms. The van der Waals surface area contributed by atoms with Gasteiger partial charge in [-0.25, -0.2) is 8.42 Å². The Labute approximate surface area is 117 Å². The minimum Gasteiger partial charge on any atom is -0.327 e. The molecule has 1 aromatic rings. The van der Waals surface area contributed by atoms with Gasteiger partial charge in [0.25, 0.3) is 0 Å². The van der Waals surface area contributed by atoms with Crippen molar-refractivity contribution in [3.05, 3.63) is 35.4 Å². The molecule has 0 fully saturated rings. The molecule has 0 aromatic heterocycles. The quantitative estimate of drug-likeness (QED) is 0.837. The lowest BCUT2D eigenvalue weighted by molar-refractivity contribution is 0.516. The van der Waals surface area contributed by atoms with E-state index >= 15 is 0 Å². The van der Waals surface area contributed by atoms with Gasteiger partial charge in [-0.15, -0.1) is 0 Å². The summed E-state index contributed by atoms with van der Waals surface area (Å²) in [6, 6.07) is 7.36. The summed E-state index contributed by atoms with van der Waals surface area (Å²) >= 11 is 0. The molecule has 4 heteroatoms. The molecular formula is C15H25NO2S. The fraction of sp³-hybridized carbons (Fsp3) is 0.600. The minimum atomic E-state index is -3.19. The van der Waals surface area contributed by atoms with E-state index in [1.165, 1.54) is 0 Å². The molecule has 0 saturated carbocycles. The molecule has 0 aliphatic heterocycles. The van der Waals surface area contributed by atoms with Crippen LogP contribution < -0.4 is 5.73 Å². The van der Waals surface area contributed by atoms with Crippen molar-refractivity contribution in [1.82, 2.24) is 0 Å². The highest BCUT2D eigenvalue weighted by molar-refractivity contribution is 7.91. The lowest BCUT2D eigenvalue weighted by Gasteiger charge is -2.22. The Kier molecular flexibility index (Phi) is 6.01. The van der Waals surface area contributed by atoms with Gasteiger partial charge in [-0.2, -0.15) is 0 Å². The summed E-state index contributed by atoms with van der Waals surface area (Å²) in [7, 11) is -3.19. The molecular weight excluding hydrogens is 258 g/mol. The molecule has 0 saturated heterocycles. The Balaban J connectivity index is 2.93. The van der Waals surface area contributed by atoms with Crippen LogP contribution in [0.4, 0.5) is 0 Å². The third kappa shape index (κ3) is 4.32. The summed E-state index contributed by atoms with van der Waals surface area (Å²) in [5, 5.41) is -0.438. The van der Waals surface area contributed by atoms with Gasteiger partial charge >= 0.3 is 0 Å². The van der Waals surface area contributed by atoms with Gasteiger partial charge in [0.15, 0.2) is 9.84 Å². The van der Waals surface area contributed by atoms with Crippen LogP contribution in [0.25, 0.3) is 0 Å².